The third-order valence-electron chi connectivity index (χ3n) is 2.88. The number of hydrogen-bond acceptors (Lipinski definition) is 1. The third-order valence-corrected chi connectivity index (χ3v) is 2.88. The van der Waals surface area contributed by atoms with Gasteiger partial charge in [0.25, 0.3) is 0 Å². The molecule has 4 heteroatoms. The van der Waals surface area contributed by atoms with Crippen LogP contribution in [0, 0.1) is 11.6 Å². The number of nitrogens with two attached hydrogens (primary N) is 1. The SMILES string of the molecule is CCC.NCC(F)(c1ccc(F)cc1)c1ccc(F)cc1. The summed E-state index contributed by atoms with van der Waals surface area (Å²) in [5, 5.41) is 0. The summed E-state index contributed by atoms with van der Waals surface area (Å²) in [4.78, 5) is 0. The van der Waals surface area contributed by atoms with E-state index in [9.17, 15) is 13.2 Å². The van der Waals surface area contributed by atoms with Crippen molar-refractivity contribution >= 4 is 0 Å². The van der Waals surface area contributed by atoms with E-state index < -0.39 is 17.3 Å². The molecule has 0 aromatic heterocycles. The molecule has 0 aliphatic heterocycles. The first-order valence-corrected chi connectivity index (χ1v) is 6.89. The van der Waals surface area contributed by atoms with Gasteiger partial charge >= 0.3 is 0 Å². The maximum absolute atomic E-state index is 14.9. The maximum Gasteiger partial charge on any atom is 0.173 e. The molecule has 21 heavy (non-hydrogen) atoms. The first kappa shape index (κ1) is 17.2. The number of benzene rings is 2. The van der Waals surface area contributed by atoms with Gasteiger partial charge in [0, 0.05) is 6.54 Å². The molecule has 2 N–H and O–H groups in total. The fourth-order valence-corrected chi connectivity index (χ4v) is 1.83. The maximum atomic E-state index is 14.9. The van der Waals surface area contributed by atoms with Crippen molar-refractivity contribution in [2.75, 3.05) is 6.54 Å². The van der Waals surface area contributed by atoms with Gasteiger partial charge in [-0.2, -0.15) is 0 Å². The highest BCUT2D eigenvalue weighted by Gasteiger charge is 2.32. The third kappa shape index (κ3) is 4.33. The number of halogens is 3. The van der Waals surface area contributed by atoms with E-state index in [1.165, 1.54) is 55.0 Å². The summed E-state index contributed by atoms with van der Waals surface area (Å²) in [6.45, 7) is 3.95. The smallest absolute Gasteiger partial charge is 0.173 e. The highest BCUT2D eigenvalue weighted by molar-refractivity contribution is 5.36. The molecule has 0 heterocycles. The average molecular weight is 295 g/mol. The van der Waals surface area contributed by atoms with Gasteiger partial charge in [0.15, 0.2) is 5.67 Å². The van der Waals surface area contributed by atoms with Gasteiger partial charge in [0.05, 0.1) is 0 Å². The normalized spacial score (nSPS) is 10.8. The van der Waals surface area contributed by atoms with Crippen LogP contribution in [-0.4, -0.2) is 6.54 Å². The molecule has 2 rings (SSSR count). The molecule has 0 saturated carbocycles. The van der Waals surface area contributed by atoms with Gasteiger partial charge in [-0.3, -0.25) is 0 Å². The molecule has 0 aliphatic carbocycles. The molecule has 0 fully saturated rings. The van der Waals surface area contributed by atoms with Gasteiger partial charge < -0.3 is 5.73 Å². The standard InChI is InChI=1S/C14H12F3N.C3H8/c15-12-5-1-10(2-6-12)14(17,9-18)11-3-7-13(16)8-4-11;1-3-2/h1-8H,9,18H2;3H2,1-2H3. The predicted octanol–water partition coefficient (Wildman–Crippen LogP) is 4.55. The second kappa shape index (κ2) is 7.84. The summed E-state index contributed by atoms with van der Waals surface area (Å²) < 4.78 is 40.5. The fourth-order valence-electron chi connectivity index (χ4n) is 1.83. The first-order chi connectivity index (χ1) is 9.97. The lowest BCUT2D eigenvalue weighted by Gasteiger charge is -2.24. The summed E-state index contributed by atoms with van der Waals surface area (Å²) in [7, 11) is 0. The van der Waals surface area contributed by atoms with Gasteiger partial charge in [-0.05, 0) is 35.4 Å². The van der Waals surface area contributed by atoms with Crippen LogP contribution >= 0.6 is 0 Å². The van der Waals surface area contributed by atoms with Gasteiger partial charge in [-0.15, -0.1) is 0 Å². The second-order valence-corrected chi connectivity index (χ2v) is 4.73. The van der Waals surface area contributed by atoms with Crippen LogP contribution in [0.2, 0.25) is 0 Å². The first-order valence-electron chi connectivity index (χ1n) is 6.89. The molecule has 0 amide bonds. The van der Waals surface area contributed by atoms with E-state index in [0.717, 1.165) is 0 Å². The average Bonchev–Trinajstić information content (AvgIpc) is 2.49. The molecule has 0 spiro atoms. The Balaban J connectivity index is 0.000000677. The monoisotopic (exact) mass is 295 g/mol. The van der Waals surface area contributed by atoms with Gasteiger partial charge in [-0.25, -0.2) is 13.2 Å². The zero-order valence-electron chi connectivity index (χ0n) is 12.2. The molecule has 0 atom stereocenters. The minimum absolute atomic E-state index is 0.248. The summed E-state index contributed by atoms with van der Waals surface area (Å²) >= 11 is 0. The summed E-state index contributed by atoms with van der Waals surface area (Å²) in [6, 6.07) is 10.0. The van der Waals surface area contributed by atoms with Gasteiger partial charge in [-0.1, -0.05) is 44.5 Å². The van der Waals surface area contributed by atoms with Gasteiger partial charge in [0.1, 0.15) is 11.6 Å². The molecular formula is C17H20F3N. The largest absolute Gasteiger partial charge is 0.327 e. The molecular weight excluding hydrogens is 275 g/mol. The van der Waals surface area contributed by atoms with Crippen LogP contribution in [0.5, 0.6) is 0 Å². The number of hydrogen-bond donors (Lipinski definition) is 1. The lowest BCUT2D eigenvalue weighted by Crippen LogP contribution is -2.31. The lowest BCUT2D eigenvalue weighted by atomic mass is 9.88. The second-order valence-electron chi connectivity index (χ2n) is 4.73. The van der Waals surface area contributed by atoms with Crippen LogP contribution in [0.15, 0.2) is 48.5 Å². The van der Waals surface area contributed by atoms with Crippen molar-refractivity contribution in [1.82, 2.24) is 0 Å². The van der Waals surface area contributed by atoms with Crippen LogP contribution in [-0.2, 0) is 5.67 Å². The molecule has 0 bridgehead atoms. The zero-order valence-corrected chi connectivity index (χ0v) is 12.2. The quantitative estimate of drug-likeness (QED) is 0.883. The number of alkyl halides is 1. The van der Waals surface area contributed by atoms with E-state index in [2.05, 4.69) is 13.8 Å². The van der Waals surface area contributed by atoms with E-state index in [1.54, 1.807) is 0 Å². The zero-order chi connectivity index (χ0) is 15.9. The molecule has 0 saturated heterocycles. The van der Waals surface area contributed by atoms with Crippen molar-refractivity contribution in [2.45, 2.75) is 25.9 Å². The Bertz CT molecular complexity index is 489. The summed E-state index contributed by atoms with van der Waals surface area (Å²) in [6.07, 6.45) is 1.25. The Hall–Kier alpha value is -1.81. The van der Waals surface area contributed by atoms with Crippen LogP contribution in [0.4, 0.5) is 13.2 Å². The Morgan fingerprint density at radius 2 is 1.10 bits per heavy atom. The lowest BCUT2D eigenvalue weighted by molar-refractivity contribution is 0.232. The molecule has 114 valence electrons. The van der Waals surface area contributed by atoms with Crippen molar-refractivity contribution in [3.05, 3.63) is 71.3 Å². The molecule has 1 nitrogen and oxygen atoms in total. The highest BCUT2D eigenvalue weighted by Crippen LogP contribution is 2.33. The minimum atomic E-state index is -1.94. The molecule has 2 aromatic carbocycles. The van der Waals surface area contributed by atoms with Crippen molar-refractivity contribution in [3.63, 3.8) is 0 Å². The van der Waals surface area contributed by atoms with E-state index in [0.29, 0.717) is 0 Å². The Morgan fingerprint density at radius 1 is 0.810 bits per heavy atom. The minimum Gasteiger partial charge on any atom is -0.327 e. The molecule has 0 aliphatic rings. The van der Waals surface area contributed by atoms with E-state index in [4.69, 9.17) is 5.73 Å². The predicted molar refractivity (Wildman–Crippen MR) is 79.7 cm³/mol. The van der Waals surface area contributed by atoms with Crippen LogP contribution in [0.3, 0.4) is 0 Å². The van der Waals surface area contributed by atoms with Crippen LogP contribution in [0.1, 0.15) is 31.4 Å². The Kier molecular flexibility index (Phi) is 6.43. The van der Waals surface area contributed by atoms with Crippen molar-refractivity contribution in [2.24, 2.45) is 5.73 Å². The van der Waals surface area contributed by atoms with E-state index >= 15 is 0 Å². The summed E-state index contributed by atoms with van der Waals surface area (Å²) in [5.41, 5.74) is 4.04. The van der Waals surface area contributed by atoms with Crippen LogP contribution in [0.25, 0.3) is 0 Å². The van der Waals surface area contributed by atoms with E-state index in [1.807, 2.05) is 0 Å². The number of rotatable bonds is 3. The fraction of sp³-hybridized carbons (Fsp3) is 0.294. The van der Waals surface area contributed by atoms with Gasteiger partial charge in [0.2, 0.25) is 0 Å². The van der Waals surface area contributed by atoms with E-state index in [-0.39, 0.29) is 17.7 Å². The molecule has 2 aromatic rings. The van der Waals surface area contributed by atoms with Crippen molar-refractivity contribution < 1.29 is 13.2 Å². The highest BCUT2D eigenvalue weighted by atomic mass is 19.1. The molecule has 0 unspecified atom stereocenters. The van der Waals surface area contributed by atoms with Crippen molar-refractivity contribution in [1.29, 1.82) is 0 Å². The molecule has 0 radical (unpaired) electrons. The Morgan fingerprint density at radius 3 is 1.33 bits per heavy atom. The van der Waals surface area contributed by atoms with Crippen molar-refractivity contribution in [3.8, 4) is 0 Å². The summed E-state index contributed by atoms with van der Waals surface area (Å²) in [5.74, 6) is -0.894. The van der Waals surface area contributed by atoms with Crippen LogP contribution < -0.4 is 5.73 Å². The Labute approximate surface area is 123 Å². The topological polar surface area (TPSA) is 26.0 Å².